The van der Waals surface area contributed by atoms with Crippen molar-refractivity contribution < 1.29 is 14.7 Å². The second-order valence-corrected chi connectivity index (χ2v) is 5.50. The molecule has 6 nitrogen and oxygen atoms in total. The molecule has 1 rings (SSSR count). The number of nitrogens with one attached hydrogen (secondary N) is 3. The Kier molecular flexibility index (Phi) is 6.62. The van der Waals surface area contributed by atoms with Crippen LogP contribution in [0.15, 0.2) is 0 Å². The van der Waals surface area contributed by atoms with Crippen LogP contribution in [0.4, 0.5) is 4.79 Å². The van der Waals surface area contributed by atoms with Gasteiger partial charge in [-0.15, -0.1) is 0 Å². The summed E-state index contributed by atoms with van der Waals surface area (Å²) in [5, 5.41) is 17.5. The average molecular weight is 271 g/mol. The third-order valence-corrected chi connectivity index (χ3v) is 2.96. The summed E-state index contributed by atoms with van der Waals surface area (Å²) in [6, 6.07) is -0.541. The van der Waals surface area contributed by atoms with Crippen molar-refractivity contribution in [2.45, 2.75) is 51.6 Å². The van der Waals surface area contributed by atoms with E-state index in [1.165, 1.54) is 12.8 Å². The number of urea groups is 1. The predicted molar refractivity (Wildman–Crippen MR) is 73.1 cm³/mol. The van der Waals surface area contributed by atoms with Gasteiger partial charge >= 0.3 is 12.0 Å². The topological polar surface area (TPSA) is 90.5 Å². The lowest BCUT2D eigenvalue weighted by Crippen LogP contribution is -2.47. The van der Waals surface area contributed by atoms with Gasteiger partial charge in [0.2, 0.25) is 0 Å². The standard InChI is InChI=1S/C13H25N3O3/c1-9(2)8-11(12(17)18)16-13(19)15-7-3-6-14-10-4-5-10/h9-11,14H,3-8H2,1-2H3,(H,17,18)(H2,15,16,19)/t11-/m1/s1. The SMILES string of the molecule is CC(C)C[C@@H](NC(=O)NCCCNC1CC1)C(=O)O. The minimum atomic E-state index is -0.987. The number of amides is 2. The van der Waals surface area contributed by atoms with Crippen LogP contribution >= 0.6 is 0 Å². The van der Waals surface area contributed by atoms with Gasteiger partial charge in [-0.05, 0) is 38.1 Å². The van der Waals surface area contributed by atoms with Gasteiger partial charge in [-0.2, -0.15) is 0 Å². The number of carboxylic acids is 1. The van der Waals surface area contributed by atoms with Gasteiger partial charge in [-0.1, -0.05) is 13.8 Å². The molecule has 0 unspecified atom stereocenters. The van der Waals surface area contributed by atoms with Gasteiger partial charge in [-0.3, -0.25) is 0 Å². The van der Waals surface area contributed by atoms with Gasteiger partial charge in [0.05, 0.1) is 0 Å². The molecule has 1 saturated carbocycles. The Bertz CT molecular complexity index is 304. The minimum Gasteiger partial charge on any atom is -0.480 e. The van der Waals surface area contributed by atoms with E-state index in [9.17, 15) is 9.59 Å². The van der Waals surface area contributed by atoms with Crippen LogP contribution in [-0.4, -0.2) is 42.3 Å². The minimum absolute atomic E-state index is 0.226. The molecule has 1 aliphatic carbocycles. The van der Waals surface area contributed by atoms with Gasteiger partial charge in [0.15, 0.2) is 0 Å². The average Bonchev–Trinajstić information content (AvgIpc) is 3.11. The summed E-state index contributed by atoms with van der Waals surface area (Å²) < 4.78 is 0. The molecule has 0 heterocycles. The van der Waals surface area contributed by atoms with E-state index in [1.54, 1.807) is 0 Å². The second kappa shape index (κ2) is 7.99. The van der Waals surface area contributed by atoms with E-state index < -0.39 is 18.0 Å². The zero-order valence-electron chi connectivity index (χ0n) is 11.7. The number of aliphatic carboxylic acids is 1. The van der Waals surface area contributed by atoms with Gasteiger partial charge in [0, 0.05) is 12.6 Å². The molecule has 0 aromatic heterocycles. The van der Waals surface area contributed by atoms with Crippen molar-refractivity contribution in [3.8, 4) is 0 Å². The highest BCUT2D eigenvalue weighted by Gasteiger charge is 2.21. The quantitative estimate of drug-likeness (QED) is 0.470. The highest BCUT2D eigenvalue weighted by molar-refractivity contribution is 5.82. The van der Waals surface area contributed by atoms with Crippen LogP contribution in [-0.2, 0) is 4.79 Å². The third-order valence-electron chi connectivity index (χ3n) is 2.96. The van der Waals surface area contributed by atoms with Crippen molar-refractivity contribution in [3.63, 3.8) is 0 Å². The van der Waals surface area contributed by atoms with Crippen molar-refractivity contribution in [1.82, 2.24) is 16.0 Å². The van der Waals surface area contributed by atoms with Crippen LogP contribution in [0.3, 0.4) is 0 Å². The summed E-state index contributed by atoms with van der Waals surface area (Å²) in [5.74, 6) is -0.761. The molecule has 1 aliphatic rings. The van der Waals surface area contributed by atoms with E-state index in [0.29, 0.717) is 19.0 Å². The van der Waals surface area contributed by atoms with Crippen molar-refractivity contribution in [2.24, 2.45) is 5.92 Å². The Hall–Kier alpha value is -1.30. The van der Waals surface area contributed by atoms with E-state index in [2.05, 4.69) is 16.0 Å². The molecule has 0 aromatic rings. The summed E-state index contributed by atoms with van der Waals surface area (Å²) >= 11 is 0. The first-order chi connectivity index (χ1) is 8.99. The number of carbonyl (C=O) groups is 2. The highest BCUT2D eigenvalue weighted by Crippen LogP contribution is 2.18. The maximum Gasteiger partial charge on any atom is 0.326 e. The molecule has 0 saturated heterocycles. The van der Waals surface area contributed by atoms with Gasteiger partial charge < -0.3 is 21.1 Å². The lowest BCUT2D eigenvalue weighted by molar-refractivity contribution is -0.139. The lowest BCUT2D eigenvalue weighted by atomic mass is 10.0. The van der Waals surface area contributed by atoms with E-state index in [0.717, 1.165) is 13.0 Å². The van der Waals surface area contributed by atoms with Crippen LogP contribution < -0.4 is 16.0 Å². The largest absolute Gasteiger partial charge is 0.480 e. The Morgan fingerprint density at radius 2 is 1.95 bits per heavy atom. The first-order valence-electron chi connectivity index (χ1n) is 6.99. The van der Waals surface area contributed by atoms with Crippen molar-refractivity contribution in [1.29, 1.82) is 0 Å². The Morgan fingerprint density at radius 1 is 1.26 bits per heavy atom. The molecule has 0 aliphatic heterocycles. The van der Waals surface area contributed by atoms with E-state index >= 15 is 0 Å². The first-order valence-corrected chi connectivity index (χ1v) is 6.99. The molecule has 4 N–H and O–H groups in total. The Balaban J connectivity index is 2.10. The van der Waals surface area contributed by atoms with Gasteiger partial charge in [0.1, 0.15) is 6.04 Å². The molecule has 1 atom stereocenters. The monoisotopic (exact) mass is 271 g/mol. The zero-order chi connectivity index (χ0) is 14.3. The highest BCUT2D eigenvalue weighted by atomic mass is 16.4. The number of hydrogen-bond acceptors (Lipinski definition) is 3. The van der Waals surface area contributed by atoms with Crippen LogP contribution in [0, 0.1) is 5.92 Å². The molecule has 0 spiro atoms. The maximum atomic E-state index is 11.5. The number of carbonyl (C=O) groups excluding carboxylic acids is 1. The van der Waals surface area contributed by atoms with Crippen LogP contribution in [0.2, 0.25) is 0 Å². The second-order valence-electron chi connectivity index (χ2n) is 5.50. The first kappa shape index (κ1) is 15.8. The van der Waals surface area contributed by atoms with Gasteiger partial charge in [-0.25, -0.2) is 9.59 Å². The zero-order valence-corrected chi connectivity index (χ0v) is 11.7. The van der Waals surface area contributed by atoms with E-state index in [1.807, 2.05) is 13.8 Å². The van der Waals surface area contributed by atoms with Crippen LogP contribution in [0.1, 0.15) is 39.5 Å². The van der Waals surface area contributed by atoms with Crippen molar-refractivity contribution >= 4 is 12.0 Å². The fourth-order valence-electron chi connectivity index (χ4n) is 1.79. The molecular weight excluding hydrogens is 246 g/mol. The van der Waals surface area contributed by atoms with Gasteiger partial charge in [0.25, 0.3) is 0 Å². The molecule has 110 valence electrons. The molecule has 0 bridgehead atoms. The Labute approximate surface area is 114 Å². The number of carboxylic acid groups (broad SMARTS) is 1. The fourth-order valence-corrected chi connectivity index (χ4v) is 1.79. The fraction of sp³-hybridized carbons (Fsp3) is 0.846. The van der Waals surface area contributed by atoms with E-state index in [4.69, 9.17) is 5.11 Å². The molecule has 1 fully saturated rings. The van der Waals surface area contributed by atoms with E-state index in [-0.39, 0.29) is 5.92 Å². The summed E-state index contributed by atoms with van der Waals surface area (Å²) in [5.41, 5.74) is 0. The van der Waals surface area contributed by atoms with Crippen LogP contribution in [0.5, 0.6) is 0 Å². The number of rotatable bonds is 9. The smallest absolute Gasteiger partial charge is 0.326 e. The maximum absolute atomic E-state index is 11.5. The normalized spacial score (nSPS) is 16.2. The molecule has 0 aromatic carbocycles. The molecule has 6 heteroatoms. The summed E-state index contributed by atoms with van der Waals surface area (Å²) in [7, 11) is 0. The van der Waals surface area contributed by atoms with Crippen LogP contribution in [0.25, 0.3) is 0 Å². The summed E-state index contributed by atoms with van der Waals surface area (Å²) in [6.07, 6.45) is 3.80. The third kappa shape index (κ3) is 7.66. The summed E-state index contributed by atoms with van der Waals surface area (Å²) in [4.78, 5) is 22.5. The lowest BCUT2D eigenvalue weighted by Gasteiger charge is -2.16. The van der Waals surface area contributed by atoms with Crippen molar-refractivity contribution in [3.05, 3.63) is 0 Å². The van der Waals surface area contributed by atoms with Crippen molar-refractivity contribution in [2.75, 3.05) is 13.1 Å². The summed E-state index contributed by atoms with van der Waals surface area (Å²) in [6.45, 7) is 5.30. The molecule has 19 heavy (non-hydrogen) atoms. The predicted octanol–water partition coefficient (Wildman–Crippen LogP) is 0.927. The molecule has 0 radical (unpaired) electrons. The Morgan fingerprint density at radius 3 is 2.47 bits per heavy atom. The molecule has 2 amide bonds. The molecular formula is C13H25N3O3. The number of hydrogen-bond donors (Lipinski definition) is 4.